The molecule has 0 aliphatic rings. The molecule has 5 nitrogen and oxygen atoms in total. The van der Waals surface area contributed by atoms with Gasteiger partial charge in [-0.05, 0) is 34.0 Å². The molecular formula is C12H14BrCl2NO4S. The van der Waals surface area contributed by atoms with Gasteiger partial charge < -0.3 is 10.1 Å². The molecular weight excluding hydrogens is 405 g/mol. The molecule has 1 N–H and O–H groups in total. The lowest BCUT2D eigenvalue weighted by atomic mass is 10.1. The minimum Gasteiger partial charge on any atom is -0.384 e. The summed E-state index contributed by atoms with van der Waals surface area (Å²) in [7, 11) is 2.90. The van der Waals surface area contributed by atoms with Crippen molar-refractivity contribution in [1.29, 1.82) is 0 Å². The highest BCUT2D eigenvalue weighted by Crippen LogP contribution is 2.31. The van der Waals surface area contributed by atoms with Crippen molar-refractivity contribution in [1.82, 2.24) is 5.32 Å². The predicted octanol–water partition coefficient (Wildman–Crippen LogP) is 3.04. The third-order valence-electron chi connectivity index (χ3n) is 2.59. The van der Waals surface area contributed by atoms with Crippen molar-refractivity contribution >= 4 is 53.2 Å². The standard InChI is InChI=1S/C12H14BrCl2NO4S/c1-7(6-20-2)5-16-12(17)8-3-11(21(15,18)19)9(13)4-10(8)14/h3-4,7H,5-6H2,1-2H3,(H,16,17). The Bertz CT molecular complexity index is 636. The number of amides is 1. The molecule has 0 saturated carbocycles. The number of carbonyl (C=O) groups is 1. The van der Waals surface area contributed by atoms with Crippen molar-refractivity contribution in [2.24, 2.45) is 5.92 Å². The van der Waals surface area contributed by atoms with Gasteiger partial charge in [0.15, 0.2) is 0 Å². The lowest BCUT2D eigenvalue weighted by Crippen LogP contribution is -2.30. The highest BCUT2D eigenvalue weighted by molar-refractivity contribution is 9.10. The van der Waals surface area contributed by atoms with Crippen LogP contribution in [0.2, 0.25) is 5.02 Å². The number of halogens is 3. The fourth-order valence-electron chi connectivity index (χ4n) is 1.60. The molecule has 0 radical (unpaired) electrons. The Balaban J connectivity index is 3.00. The van der Waals surface area contributed by atoms with E-state index in [-0.39, 0.29) is 25.9 Å². The second-order valence-corrected chi connectivity index (χ2v) is 8.27. The van der Waals surface area contributed by atoms with E-state index < -0.39 is 15.0 Å². The van der Waals surface area contributed by atoms with E-state index in [2.05, 4.69) is 21.2 Å². The molecule has 0 fully saturated rings. The largest absolute Gasteiger partial charge is 0.384 e. The van der Waals surface area contributed by atoms with Crippen LogP contribution in [0.3, 0.4) is 0 Å². The minimum absolute atomic E-state index is 0.0451. The summed E-state index contributed by atoms with van der Waals surface area (Å²) >= 11 is 9.02. The van der Waals surface area contributed by atoms with Crippen molar-refractivity contribution in [3.63, 3.8) is 0 Å². The van der Waals surface area contributed by atoms with E-state index in [9.17, 15) is 13.2 Å². The van der Waals surface area contributed by atoms with Crippen LogP contribution in [0.25, 0.3) is 0 Å². The smallest absolute Gasteiger partial charge is 0.262 e. The summed E-state index contributed by atoms with van der Waals surface area (Å²) in [6, 6.07) is 2.47. The third-order valence-corrected chi connectivity index (χ3v) is 5.18. The molecule has 1 rings (SSSR count). The Morgan fingerprint density at radius 2 is 2.10 bits per heavy atom. The summed E-state index contributed by atoms with van der Waals surface area (Å²) in [5.74, 6) is -0.360. The Hall–Kier alpha value is -0.340. The number of benzene rings is 1. The van der Waals surface area contributed by atoms with E-state index in [1.165, 1.54) is 6.07 Å². The molecule has 0 bridgehead atoms. The van der Waals surface area contributed by atoms with Gasteiger partial charge in [-0.15, -0.1) is 0 Å². The molecule has 118 valence electrons. The predicted molar refractivity (Wildman–Crippen MR) is 85.6 cm³/mol. The number of rotatable bonds is 6. The molecule has 0 heterocycles. The minimum atomic E-state index is -3.98. The number of hydrogen-bond donors (Lipinski definition) is 1. The summed E-state index contributed by atoms with van der Waals surface area (Å²) in [4.78, 5) is 11.9. The molecule has 0 aliphatic heterocycles. The van der Waals surface area contributed by atoms with Gasteiger partial charge in [0.1, 0.15) is 0 Å². The molecule has 0 aromatic heterocycles. The van der Waals surface area contributed by atoms with E-state index in [4.69, 9.17) is 27.0 Å². The van der Waals surface area contributed by atoms with Crippen LogP contribution < -0.4 is 5.32 Å². The van der Waals surface area contributed by atoms with E-state index in [0.717, 1.165) is 6.07 Å². The second-order valence-electron chi connectivity index (χ2n) is 4.47. The van der Waals surface area contributed by atoms with Crippen LogP contribution in [0.1, 0.15) is 17.3 Å². The van der Waals surface area contributed by atoms with Gasteiger partial charge in [-0.2, -0.15) is 0 Å². The quantitative estimate of drug-likeness (QED) is 0.720. The third kappa shape index (κ3) is 5.41. The number of nitrogens with one attached hydrogen (secondary N) is 1. The Morgan fingerprint density at radius 1 is 1.48 bits per heavy atom. The van der Waals surface area contributed by atoms with Crippen LogP contribution in [-0.4, -0.2) is 34.6 Å². The zero-order chi connectivity index (χ0) is 16.2. The fraction of sp³-hybridized carbons (Fsp3) is 0.417. The van der Waals surface area contributed by atoms with Crippen LogP contribution in [0.5, 0.6) is 0 Å². The zero-order valence-corrected chi connectivity index (χ0v) is 15.2. The van der Waals surface area contributed by atoms with Crippen molar-refractivity contribution in [3.05, 3.63) is 27.2 Å². The maximum absolute atomic E-state index is 12.1. The maximum atomic E-state index is 12.1. The molecule has 9 heteroatoms. The molecule has 1 unspecified atom stereocenters. The normalized spacial score (nSPS) is 13.0. The maximum Gasteiger partial charge on any atom is 0.262 e. The average molecular weight is 419 g/mol. The number of carbonyl (C=O) groups excluding carboxylic acids is 1. The highest BCUT2D eigenvalue weighted by Gasteiger charge is 2.20. The Labute approximate surface area is 141 Å². The highest BCUT2D eigenvalue weighted by atomic mass is 79.9. The van der Waals surface area contributed by atoms with Gasteiger partial charge in [0.25, 0.3) is 15.0 Å². The van der Waals surface area contributed by atoms with Gasteiger partial charge in [-0.25, -0.2) is 8.42 Å². The summed E-state index contributed by atoms with van der Waals surface area (Å²) in [6.45, 7) is 2.78. The zero-order valence-electron chi connectivity index (χ0n) is 11.3. The van der Waals surface area contributed by atoms with Gasteiger partial charge in [0.05, 0.1) is 22.1 Å². The van der Waals surface area contributed by atoms with Crippen LogP contribution in [0.4, 0.5) is 0 Å². The fourth-order valence-corrected chi connectivity index (χ4v) is 4.17. The summed E-state index contributed by atoms with van der Waals surface area (Å²) in [6.07, 6.45) is 0. The Morgan fingerprint density at radius 3 is 2.62 bits per heavy atom. The molecule has 1 aromatic rings. The number of methoxy groups -OCH3 is 1. The molecule has 0 aliphatic carbocycles. The summed E-state index contributed by atoms with van der Waals surface area (Å²) in [5.41, 5.74) is 0.0451. The van der Waals surface area contributed by atoms with Crippen LogP contribution in [0, 0.1) is 5.92 Å². The number of hydrogen-bond acceptors (Lipinski definition) is 4. The van der Waals surface area contributed by atoms with Crippen LogP contribution >= 0.6 is 38.2 Å². The molecule has 0 spiro atoms. The first kappa shape index (κ1) is 18.7. The van der Waals surface area contributed by atoms with E-state index in [1.54, 1.807) is 7.11 Å². The first-order valence-electron chi connectivity index (χ1n) is 5.87. The lowest BCUT2D eigenvalue weighted by Gasteiger charge is -2.13. The van der Waals surface area contributed by atoms with Crippen molar-refractivity contribution in [2.45, 2.75) is 11.8 Å². The molecule has 0 saturated heterocycles. The molecule has 1 atom stereocenters. The number of ether oxygens (including phenoxy) is 1. The first-order valence-corrected chi connectivity index (χ1v) is 9.35. The first-order chi connectivity index (χ1) is 9.66. The summed E-state index contributed by atoms with van der Waals surface area (Å²) in [5, 5.41) is 2.79. The van der Waals surface area contributed by atoms with Crippen molar-refractivity contribution in [3.8, 4) is 0 Å². The second kappa shape index (κ2) is 7.78. The average Bonchev–Trinajstić information content (AvgIpc) is 2.34. The molecule has 21 heavy (non-hydrogen) atoms. The molecule has 1 aromatic carbocycles. The van der Waals surface area contributed by atoms with Crippen LogP contribution in [-0.2, 0) is 13.8 Å². The van der Waals surface area contributed by atoms with Gasteiger partial charge in [0.2, 0.25) is 0 Å². The van der Waals surface area contributed by atoms with Crippen molar-refractivity contribution < 1.29 is 17.9 Å². The van der Waals surface area contributed by atoms with Gasteiger partial charge >= 0.3 is 0 Å². The van der Waals surface area contributed by atoms with Gasteiger partial charge in [0, 0.05) is 28.8 Å². The van der Waals surface area contributed by atoms with E-state index in [1.807, 2.05) is 6.92 Å². The van der Waals surface area contributed by atoms with Crippen molar-refractivity contribution in [2.75, 3.05) is 20.3 Å². The monoisotopic (exact) mass is 417 g/mol. The Kier molecular flexibility index (Phi) is 6.93. The van der Waals surface area contributed by atoms with Crippen LogP contribution in [0.15, 0.2) is 21.5 Å². The lowest BCUT2D eigenvalue weighted by molar-refractivity contribution is 0.0934. The summed E-state index contributed by atoms with van der Waals surface area (Å²) < 4.78 is 28.0. The van der Waals surface area contributed by atoms with Gasteiger partial charge in [-0.3, -0.25) is 4.79 Å². The molecule has 1 amide bonds. The van der Waals surface area contributed by atoms with E-state index in [0.29, 0.717) is 13.2 Å². The van der Waals surface area contributed by atoms with E-state index >= 15 is 0 Å². The van der Waals surface area contributed by atoms with Gasteiger partial charge in [-0.1, -0.05) is 18.5 Å². The SMILES string of the molecule is COCC(C)CNC(=O)c1cc(S(=O)(=O)Cl)c(Br)cc1Cl. The topological polar surface area (TPSA) is 72.5 Å².